The zero-order valence-corrected chi connectivity index (χ0v) is 62.4. The maximum atomic E-state index is 14.9. The van der Waals surface area contributed by atoms with E-state index in [2.05, 4.69) is 53.2 Å². The Bertz CT molecular complexity index is 3060. The minimum atomic E-state index is -1.89. The smallest absolute Gasteiger partial charge is 0.248 e. The van der Waals surface area contributed by atoms with Gasteiger partial charge >= 0.3 is 0 Å². The average molecular weight is 1460 g/mol. The van der Waals surface area contributed by atoms with Crippen LogP contribution in [0.1, 0.15) is 192 Å². The van der Waals surface area contributed by atoms with Crippen molar-refractivity contribution in [1.82, 2.24) is 63.0 Å². The summed E-state index contributed by atoms with van der Waals surface area (Å²) >= 11 is 0. The molecule has 0 spiro atoms. The van der Waals surface area contributed by atoms with Crippen molar-refractivity contribution in [1.29, 1.82) is 0 Å². The molecule has 0 saturated carbocycles. The molecule has 32 nitrogen and oxygen atoms in total. The normalized spacial score (nSPS) is 26.7. The highest BCUT2D eigenvalue weighted by atomic mass is 16.3. The van der Waals surface area contributed by atoms with Gasteiger partial charge < -0.3 is 94.9 Å². The molecule has 1 aromatic rings. The minimum Gasteiger partial charge on any atom is -0.508 e. The molecule has 1 aromatic carbocycles. The summed E-state index contributed by atoms with van der Waals surface area (Å²) in [5.74, 6) is -16.9. The van der Waals surface area contributed by atoms with E-state index in [9.17, 15) is 87.5 Å². The number of benzene rings is 1. The number of primary amides is 2. The van der Waals surface area contributed by atoms with E-state index in [1.54, 1.807) is 69.2 Å². The Morgan fingerprint density at radius 1 is 0.524 bits per heavy atom. The summed E-state index contributed by atoms with van der Waals surface area (Å²) in [7, 11) is 1.21. The Labute approximate surface area is 604 Å². The summed E-state index contributed by atoms with van der Waals surface area (Å²) in [6.45, 7) is 20.8. The number of unbranched alkanes of at least 4 members (excludes halogenated alkanes) is 4. The zero-order chi connectivity index (χ0) is 77.9. The molecule has 18 N–H and O–H groups in total. The highest BCUT2D eigenvalue weighted by Gasteiger charge is 2.45. The van der Waals surface area contributed by atoms with Crippen LogP contribution < -0.4 is 64.6 Å². The molecule has 2 heterocycles. The highest BCUT2D eigenvalue weighted by Crippen LogP contribution is 2.24. The largest absolute Gasteiger partial charge is 0.508 e. The lowest BCUT2D eigenvalue weighted by Gasteiger charge is -2.35. The number of nitrogens with one attached hydrogen (secondary N) is 10. The number of carbonyl (C=O) groups excluding carboxylic acids is 14. The standard InChI is InChI=1S/C71H118N14O18/c1-15-18-19-20-21-23-44-34-53(91)79-55(39(10)16-2)66(98)83-58(60(92)38(8)9)68(100)80-54(37(6)7)65(97)77-47(32-36(4)5)61(93)75-46(29-30-51(72)89)70(102)84(14)59(40(11)17-3)69(101)78-49(35-52(73)90)63(95)82-57(42(13)87)71(103)85-31-22-24-50(85)64(96)76-48(33-43-25-27-45(88)28-26-43)62(94)81-56(41(12)86)67(99)74-44/h25-28,36-42,44,46-50,54-60,86-88,92H,15-24,29-35H2,1-14H3,(H2,72,89)(H2,73,90)(H,74,99)(H,75,93)(H,76,96)(H,77,97)(H,78,101)(H,79,91)(H,80,100)(H,81,94)(H,82,95)(H,83,98)/t39-,40-,41+,42+,44+,46-,47+,48+,49+,50-,54-,55-,56-,57-,58+,59-,60-/m0/s1. The van der Waals surface area contributed by atoms with Gasteiger partial charge in [0.1, 0.15) is 72.2 Å². The fraction of sp³-hybridized carbons (Fsp3) is 0.718. The quantitative estimate of drug-likeness (QED) is 0.0557. The van der Waals surface area contributed by atoms with Gasteiger partial charge in [0, 0.05) is 38.9 Å². The highest BCUT2D eigenvalue weighted by molar-refractivity contribution is 6.01. The van der Waals surface area contributed by atoms with Crippen LogP contribution >= 0.6 is 0 Å². The molecule has 0 aliphatic carbocycles. The number of nitrogens with two attached hydrogens (primary N) is 2. The van der Waals surface area contributed by atoms with Crippen LogP contribution in [-0.4, -0.2) is 217 Å². The molecule has 0 aromatic heterocycles. The van der Waals surface area contributed by atoms with Gasteiger partial charge in [-0.15, -0.1) is 0 Å². The van der Waals surface area contributed by atoms with Crippen molar-refractivity contribution in [2.45, 2.75) is 284 Å². The molecular formula is C71H118N14O18. The average Bonchev–Trinajstić information content (AvgIpc) is 1.80. The Hall–Kier alpha value is -8.52. The number of carbonyl (C=O) groups is 14. The lowest BCUT2D eigenvalue weighted by atomic mass is 9.94. The minimum absolute atomic E-state index is 0.0100. The first kappa shape index (κ1) is 88.7. The van der Waals surface area contributed by atoms with Crippen molar-refractivity contribution in [3.63, 3.8) is 0 Å². The Kier molecular flexibility index (Phi) is 37.0. The molecule has 32 heteroatoms. The molecule has 3 rings (SSSR count). The Morgan fingerprint density at radius 2 is 1.04 bits per heavy atom. The van der Waals surface area contributed by atoms with Crippen LogP contribution in [-0.2, 0) is 73.5 Å². The van der Waals surface area contributed by atoms with Crippen LogP contribution in [0.5, 0.6) is 5.75 Å². The predicted molar refractivity (Wildman–Crippen MR) is 380 cm³/mol. The fourth-order valence-electron chi connectivity index (χ4n) is 12.4. The molecule has 17 atom stereocenters. The third-order valence-electron chi connectivity index (χ3n) is 18.9. The number of hydrogen-bond acceptors (Lipinski definition) is 18. The van der Waals surface area contributed by atoms with Crippen LogP contribution in [0.4, 0.5) is 0 Å². The molecule has 2 aliphatic rings. The number of phenolic OH excluding ortho intramolecular Hbond substituents is 1. The topological polar surface area (TPSA) is 499 Å². The van der Waals surface area contributed by atoms with E-state index in [0.29, 0.717) is 24.8 Å². The second-order valence-electron chi connectivity index (χ2n) is 28.8. The number of hydrogen-bond donors (Lipinski definition) is 16. The van der Waals surface area contributed by atoms with Crippen molar-refractivity contribution >= 4 is 82.7 Å². The van der Waals surface area contributed by atoms with Gasteiger partial charge in [0.05, 0.1) is 24.7 Å². The number of aliphatic hydroxyl groups excluding tert-OH is 3. The van der Waals surface area contributed by atoms with Crippen molar-refractivity contribution < 1.29 is 87.5 Å². The number of amides is 14. The third kappa shape index (κ3) is 27.9. The lowest BCUT2D eigenvalue weighted by Crippen LogP contribution is -2.63. The van der Waals surface area contributed by atoms with Gasteiger partial charge in [-0.05, 0) is 93.2 Å². The van der Waals surface area contributed by atoms with Crippen LogP contribution in [0.3, 0.4) is 0 Å². The molecule has 14 amide bonds. The molecule has 2 saturated heterocycles. The van der Waals surface area contributed by atoms with Crippen LogP contribution in [0.2, 0.25) is 0 Å². The monoisotopic (exact) mass is 1450 g/mol. The summed E-state index contributed by atoms with van der Waals surface area (Å²) in [5.41, 5.74) is 11.6. The summed E-state index contributed by atoms with van der Waals surface area (Å²) in [5, 5.41) is 70.4. The molecule has 0 bridgehead atoms. The van der Waals surface area contributed by atoms with Crippen molar-refractivity contribution in [3.05, 3.63) is 29.8 Å². The van der Waals surface area contributed by atoms with Gasteiger partial charge in [-0.2, -0.15) is 0 Å². The second-order valence-corrected chi connectivity index (χ2v) is 28.8. The zero-order valence-electron chi connectivity index (χ0n) is 62.4. The van der Waals surface area contributed by atoms with Gasteiger partial charge in [0.2, 0.25) is 82.7 Å². The van der Waals surface area contributed by atoms with Gasteiger partial charge in [-0.25, -0.2) is 0 Å². The van der Waals surface area contributed by atoms with Crippen molar-refractivity contribution in [2.24, 2.45) is 41.1 Å². The summed E-state index contributed by atoms with van der Waals surface area (Å²) in [4.78, 5) is 203. The molecule has 103 heavy (non-hydrogen) atoms. The van der Waals surface area contributed by atoms with Gasteiger partial charge in [-0.1, -0.05) is 133 Å². The second kappa shape index (κ2) is 42.9. The number of rotatable bonds is 24. The summed E-state index contributed by atoms with van der Waals surface area (Å²) in [6.07, 6.45) is -2.84. The van der Waals surface area contributed by atoms with E-state index < -0.39 is 223 Å². The number of aromatic hydroxyl groups is 1. The predicted octanol–water partition coefficient (Wildman–Crippen LogP) is -0.921. The van der Waals surface area contributed by atoms with Crippen LogP contribution in [0.25, 0.3) is 0 Å². The first-order valence-electron chi connectivity index (χ1n) is 36.3. The molecule has 2 fully saturated rings. The maximum absolute atomic E-state index is 14.9. The van der Waals surface area contributed by atoms with E-state index in [1.165, 1.54) is 38.2 Å². The lowest BCUT2D eigenvalue weighted by molar-refractivity contribution is -0.146. The number of fused-ring (bicyclic) bond motifs is 1. The Morgan fingerprint density at radius 3 is 1.59 bits per heavy atom. The van der Waals surface area contributed by atoms with Crippen molar-refractivity contribution in [2.75, 3.05) is 13.6 Å². The van der Waals surface area contributed by atoms with E-state index in [4.69, 9.17) is 11.5 Å². The summed E-state index contributed by atoms with van der Waals surface area (Å²) < 4.78 is 0. The number of aliphatic hydroxyl groups is 3. The third-order valence-corrected chi connectivity index (χ3v) is 18.9. The molecule has 580 valence electrons. The SMILES string of the molecule is CCCCCCC[C@@H]1CC(=O)N[C@@H]([C@@H](C)CC)C(=O)N[C@H]([C@@H](O)C(C)C)C(=O)N[C@@H](C(C)C)C(=O)N[C@H](CC(C)C)C(=O)N[C@@H](CCC(N)=O)C(=O)N(C)[C@@H]([C@@H](C)CC)C(=O)N[C@H](CC(N)=O)C(=O)N[C@@H]([C@@H](C)O)C(=O)N2CCC[C@H]2C(=O)N[C@H](Cc2ccc(O)cc2)C(=O)N[C@@H]([C@@H](C)O)C(=O)N1. The Balaban J connectivity index is 2.35. The maximum Gasteiger partial charge on any atom is 0.248 e. The van der Waals surface area contributed by atoms with Gasteiger partial charge in [0.15, 0.2) is 0 Å². The van der Waals surface area contributed by atoms with E-state index in [0.717, 1.165) is 36.0 Å². The first-order chi connectivity index (χ1) is 48.3. The number of likely N-dealkylation sites (N-methyl/N-ethyl adjacent to an activating group) is 1. The first-order valence-corrected chi connectivity index (χ1v) is 36.3. The molecule has 0 radical (unpaired) electrons. The van der Waals surface area contributed by atoms with Gasteiger partial charge in [-0.3, -0.25) is 67.1 Å². The van der Waals surface area contributed by atoms with E-state index in [-0.39, 0.29) is 56.7 Å². The molecule has 2 aliphatic heterocycles. The van der Waals surface area contributed by atoms with E-state index in [1.807, 2.05) is 6.92 Å². The van der Waals surface area contributed by atoms with Crippen LogP contribution in [0.15, 0.2) is 24.3 Å². The fourth-order valence-corrected chi connectivity index (χ4v) is 12.4. The molecule has 0 unspecified atom stereocenters. The number of phenols is 1. The summed E-state index contributed by atoms with van der Waals surface area (Å²) in [6, 6.07) is -13.0. The molecular weight excluding hydrogens is 1340 g/mol. The van der Waals surface area contributed by atoms with Gasteiger partial charge in [0.25, 0.3) is 0 Å². The number of nitrogens with zero attached hydrogens (tertiary/aromatic N) is 2. The van der Waals surface area contributed by atoms with Crippen molar-refractivity contribution in [3.8, 4) is 5.75 Å². The van der Waals surface area contributed by atoms with E-state index >= 15 is 0 Å². The van der Waals surface area contributed by atoms with Crippen LogP contribution in [0, 0.1) is 29.6 Å².